The molecule has 1 aliphatic rings. The van der Waals surface area contributed by atoms with Gasteiger partial charge in [-0.2, -0.15) is 0 Å². The Morgan fingerprint density at radius 1 is 1.80 bits per heavy atom. The number of hydrogen-bond acceptors (Lipinski definition) is 4. The molecule has 1 aliphatic heterocycles. The molecular weight excluding hydrogens is 196 g/mol. The fraction of sp³-hybridized carbons (Fsp3) is 0.600. The Morgan fingerprint density at radius 3 is 3.13 bits per heavy atom. The number of carbonyl (C=O) groups is 1. The molecule has 2 unspecified atom stereocenters. The second kappa shape index (κ2) is 4.02. The van der Waals surface area contributed by atoms with E-state index in [2.05, 4.69) is 9.68 Å². The van der Waals surface area contributed by atoms with Crippen molar-refractivity contribution in [1.82, 2.24) is 10.1 Å². The molecule has 0 aromatic carbocycles. The number of nitrogens with zero attached hydrogens (tertiary/aromatic N) is 2. The fourth-order valence-corrected chi connectivity index (χ4v) is 1.85. The average Bonchev–Trinajstić information content (AvgIpc) is 2.88. The van der Waals surface area contributed by atoms with Gasteiger partial charge in [0.25, 0.3) is 5.91 Å². The minimum absolute atomic E-state index is 0.119. The number of aliphatic hydroxyl groups excluding tert-OH is 1. The lowest BCUT2D eigenvalue weighted by atomic mass is 10.0. The normalized spacial score (nSPS) is 23.1. The second-order valence-corrected chi connectivity index (χ2v) is 3.93. The van der Waals surface area contributed by atoms with E-state index in [1.165, 1.54) is 6.26 Å². The minimum atomic E-state index is -0.361. The van der Waals surface area contributed by atoms with E-state index in [-0.39, 0.29) is 17.9 Å². The molecule has 15 heavy (non-hydrogen) atoms. The second-order valence-electron chi connectivity index (χ2n) is 3.93. The SMILES string of the molecule is CC(O)C1CCN(C(=O)c2ccon2)C1. The summed E-state index contributed by atoms with van der Waals surface area (Å²) in [5.74, 6) is 0.0627. The lowest BCUT2D eigenvalue weighted by molar-refractivity contribution is 0.0752. The summed E-state index contributed by atoms with van der Waals surface area (Å²) in [6.45, 7) is 3.04. The fourth-order valence-electron chi connectivity index (χ4n) is 1.85. The molecule has 1 aromatic heterocycles. The molecule has 1 aromatic rings. The summed E-state index contributed by atoms with van der Waals surface area (Å²) in [6, 6.07) is 1.55. The van der Waals surface area contributed by atoms with Crippen molar-refractivity contribution in [3.05, 3.63) is 18.0 Å². The van der Waals surface area contributed by atoms with Crippen molar-refractivity contribution in [1.29, 1.82) is 0 Å². The standard InChI is InChI=1S/C10H14N2O3/c1-7(13)8-2-4-12(6-8)10(14)9-3-5-15-11-9/h3,5,7-8,13H,2,4,6H2,1H3. The van der Waals surface area contributed by atoms with Crippen LogP contribution in [0, 0.1) is 5.92 Å². The van der Waals surface area contributed by atoms with Crippen LogP contribution >= 0.6 is 0 Å². The van der Waals surface area contributed by atoms with Crippen molar-refractivity contribution in [3.8, 4) is 0 Å². The van der Waals surface area contributed by atoms with Crippen LogP contribution in [0.25, 0.3) is 0 Å². The van der Waals surface area contributed by atoms with Gasteiger partial charge < -0.3 is 14.5 Å². The van der Waals surface area contributed by atoms with E-state index < -0.39 is 0 Å². The molecule has 2 rings (SSSR count). The van der Waals surface area contributed by atoms with Gasteiger partial charge in [-0.25, -0.2) is 0 Å². The predicted octanol–water partition coefficient (Wildman–Crippen LogP) is 0.518. The van der Waals surface area contributed by atoms with Crippen LogP contribution in [-0.2, 0) is 0 Å². The molecule has 0 radical (unpaired) electrons. The highest BCUT2D eigenvalue weighted by Crippen LogP contribution is 2.20. The van der Waals surface area contributed by atoms with Crippen molar-refractivity contribution < 1.29 is 14.4 Å². The Morgan fingerprint density at radius 2 is 2.60 bits per heavy atom. The van der Waals surface area contributed by atoms with E-state index in [9.17, 15) is 9.90 Å². The zero-order valence-electron chi connectivity index (χ0n) is 8.59. The Bertz CT molecular complexity index is 334. The summed E-state index contributed by atoms with van der Waals surface area (Å²) in [5.41, 5.74) is 0.334. The quantitative estimate of drug-likeness (QED) is 0.772. The van der Waals surface area contributed by atoms with Crippen molar-refractivity contribution >= 4 is 5.91 Å². The van der Waals surface area contributed by atoms with E-state index in [1.807, 2.05) is 0 Å². The van der Waals surface area contributed by atoms with Gasteiger partial charge in [0.15, 0.2) is 5.69 Å². The molecule has 1 fully saturated rings. The van der Waals surface area contributed by atoms with Crippen LogP contribution in [0.2, 0.25) is 0 Å². The van der Waals surface area contributed by atoms with Gasteiger partial charge in [0.2, 0.25) is 0 Å². The molecule has 2 atom stereocenters. The van der Waals surface area contributed by atoms with Gasteiger partial charge in [-0.1, -0.05) is 5.16 Å². The van der Waals surface area contributed by atoms with Crippen LogP contribution in [0.15, 0.2) is 16.9 Å². The minimum Gasteiger partial charge on any atom is -0.393 e. The monoisotopic (exact) mass is 210 g/mol. The summed E-state index contributed by atoms with van der Waals surface area (Å²) >= 11 is 0. The third-order valence-electron chi connectivity index (χ3n) is 2.85. The third kappa shape index (κ3) is 2.02. The van der Waals surface area contributed by atoms with Gasteiger partial charge in [-0.05, 0) is 13.3 Å². The zero-order chi connectivity index (χ0) is 10.8. The van der Waals surface area contributed by atoms with Gasteiger partial charge in [-0.3, -0.25) is 4.79 Å². The topological polar surface area (TPSA) is 66.6 Å². The lowest BCUT2D eigenvalue weighted by Crippen LogP contribution is -2.30. The van der Waals surface area contributed by atoms with Crippen molar-refractivity contribution in [2.45, 2.75) is 19.4 Å². The summed E-state index contributed by atoms with van der Waals surface area (Å²) in [7, 11) is 0. The molecule has 1 amide bonds. The molecular formula is C10H14N2O3. The van der Waals surface area contributed by atoms with Gasteiger partial charge in [0, 0.05) is 25.1 Å². The summed E-state index contributed by atoms with van der Waals surface area (Å²) in [6.07, 6.45) is 1.87. The zero-order valence-corrected chi connectivity index (χ0v) is 8.59. The first-order chi connectivity index (χ1) is 7.18. The maximum Gasteiger partial charge on any atom is 0.276 e. The molecule has 0 spiro atoms. The third-order valence-corrected chi connectivity index (χ3v) is 2.85. The Balaban J connectivity index is 1.99. The molecule has 5 heteroatoms. The summed E-state index contributed by atoms with van der Waals surface area (Å²) in [4.78, 5) is 13.5. The largest absolute Gasteiger partial charge is 0.393 e. The number of aliphatic hydroxyl groups is 1. The van der Waals surface area contributed by atoms with Crippen LogP contribution in [0.1, 0.15) is 23.8 Å². The number of carbonyl (C=O) groups excluding carboxylic acids is 1. The van der Waals surface area contributed by atoms with Crippen LogP contribution in [0.4, 0.5) is 0 Å². The van der Waals surface area contributed by atoms with Gasteiger partial charge in [0.1, 0.15) is 6.26 Å². The van der Waals surface area contributed by atoms with Crippen LogP contribution in [-0.4, -0.2) is 40.3 Å². The first kappa shape index (κ1) is 10.2. The smallest absolute Gasteiger partial charge is 0.276 e. The summed E-state index contributed by atoms with van der Waals surface area (Å²) < 4.78 is 4.62. The van der Waals surface area contributed by atoms with Gasteiger partial charge in [-0.15, -0.1) is 0 Å². The molecule has 1 N–H and O–H groups in total. The summed E-state index contributed by atoms with van der Waals surface area (Å²) in [5, 5.41) is 13.0. The number of rotatable bonds is 2. The molecule has 1 saturated heterocycles. The van der Waals surface area contributed by atoms with E-state index in [0.717, 1.165) is 6.42 Å². The highest BCUT2D eigenvalue weighted by molar-refractivity contribution is 5.92. The maximum atomic E-state index is 11.8. The van der Waals surface area contributed by atoms with E-state index in [4.69, 9.17) is 0 Å². The number of aromatic nitrogens is 1. The highest BCUT2D eigenvalue weighted by Gasteiger charge is 2.30. The van der Waals surface area contributed by atoms with E-state index in [1.54, 1.807) is 17.9 Å². The molecule has 5 nitrogen and oxygen atoms in total. The molecule has 2 heterocycles. The first-order valence-electron chi connectivity index (χ1n) is 5.06. The number of amides is 1. The number of hydrogen-bond donors (Lipinski definition) is 1. The number of likely N-dealkylation sites (tertiary alicyclic amines) is 1. The van der Waals surface area contributed by atoms with Crippen molar-refractivity contribution in [2.75, 3.05) is 13.1 Å². The van der Waals surface area contributed by atoms with Crippen molar-refractivity contribution in [3.63, 3.8) is 0 Å². The molecule has 82 valence electrons. The predicted molar refractivity (Wildman–Crippen MR) is 52.2 cm³/mol. The van der Waals surface area contributed by atoms with Crippen LogP contribution in [0.5, 0.6) is 0 Å². The maximum absolute atomic E-state index is 11.8. The van der Waals surface area contributed by atoms with Crippen LogP contribution < -0.4 is 0 Å². The van der Waals surface area contributed by atoms with Gasteiger partial charge in [0.05, 0.1) is 6.10 Å². The lowest BCUT2D eigenvalue weighted by Gasteiger charge is -2.16. The van der Waals surface area contributed by atoms with Crippen LogP contribution in [0.3, 0.4) is 0 Å². The van der Waals surface area contributed by atoms with Gasteiger partial charge >= 0.3 is 0 Å². The molecule has 0 aliphatic carbocycles. The Kier molecular flexibility index (Phi) is 2.73. The Hall–Kier alpha value is -1.36. The van der Waals surface area contributed by atoms with E-state index in [0.29, 0.717) is 18.8 Å². The molecule has 0 saturated carbocycles. The first-order valence-corrected chi connectivity index (χ1v) is 5.06. The molecule has 0 bridgehead atoms. The van der Waals surface area contributed by atoms with E-state index >= 15 is 0 Å². The Labute approximate surface area is 87.7 Å². The highest BCUT2D eigenvalue weighted by atomic mass is 16.5. The van der Waals surface area contributed by atoms with Crippen molar-refractivity contribution in [2.24, 2.45) is 5.92 Å². The average molecular weight is 210 g/mol.